The molecule has 1 aliphatic heterocycles. The van der Waals surface area contributed by atoms with E-state index in [-0.39, 0.29) is 19.8 Å². The van der Waals surface area contributed by atoms with E-state index in [1.54, 1.807) is 0 Å². The highest BCUT2D eigenvalue weighted by atomic mass is 16.3. The monoisotopic (exact) mass is 583 g/mol. The van der Waals surface area contributed by atoms with Crippen molar-refractivity contribution in [2.75, 3.05) is 31.3 Å². The zero-order valence-corrected chi connectivity index (χ0v) is 24.6. The first-order valence-corrected chi connectivity index (χ1v) is 15.0. The summed E-state index contributed by atoms with van der Waals surface area (Å²) in [5, 5.41) is 31.1. The molecule has 6 nitrogen and oxygen atoms in total. The molecule has 0 aliphatic carbocycles. The average Bonchev–Trinajstić information content (AvgIpc) is 3.07. The number of anilines is 1. The van der Waals surface area contributed by atoms with E-state index in [9.17, 15) is 15.3 Å². The number of hydrogen-bond donors (Lipinski definition) is 3. The van der Waals surface area contributed by atoms with Gasteiger partial charge in [-0.1, -0.05) is 66.8 Å². The normalized spacial score (nSPS) is 14.3. The summed E-state index contributed by atoms with van der Waals surface area (Å²) >= 11 is 0. The van der Waals surface area contributed by atoms with Gasteiger partial charge in [-0.2, -0.15) is 9.13 Å². The van der Waals surface area contributed by atoms with E-state index in [1.165, 1.54) is 0 Å². The fraction of sp³-hybridized carbons (Fsp3) is 0.158. The summed E-state index contributed by atoms with van der Waals surface area (Å²) in [5.41, 5.74) is 8.63. The predicted octanol–water partition coefficient (Wildman–Crippen LogP) is 5.06. The maximum absolute atomic E-state index is 9.68. The molecule has 3 aromatic carbocycles. The standard InChI is InChI=1S/C38H37N3O3/c42-26-23-39-20-17-30(33-7-1-4-10-36(33)39)15-13-29(32-19-22-41(25-28-44)38-12-6-3-9-35(32)38)14-16-31-18-21-40(24-27-43)37-11-5-2-8-34(31)37/h1-22,42-44H,23-28H2/q+2. The van der Waals surface area contributed by atoms with Crippen LogP contribution < -0.4 is 14.0 Å². The van der Waals surface area contributed by atoms with Gasteiger partial charge in [-0.3, -0.25) is 0 Å². The van der Waals surface area contributed by atoms with Gasteiger partial charge in [0.1, 0.15) is 13.2 Å². The molecule has 0 saturated heterocycles. The van der Waals surface area contributed by atoms with Crippen LogP contribution in [-0.4, -0.2) is 41.7 Å². The van der Waals surface area contributed by atoms with E-state index >= 15 is 0 Å². The first kappa shape index (κ1) is 29.2. The molecule has 0 unspecified atom stereocenters. The minimum Gasteiger partial charge on any atom is -0.395 e. The molecule has 0 atom stereocenters. The summed E-state index contributed by atoms with van der Waals surface area (Å²) in [5.74, 6) is 0. The van der Waals surface area contributed by atoms with E-state index in [4.69, 9.17) is 0 Å². The topological polar surface area (TPSA) is 71.7 Å². The molecule has 3 N–H and O–H groups in total. The molecule has 220 valence electrons. The van der Waals surface area contributed by atoms with Crippen LogP contribution in [0.2, 0.25) is 0 Å². The number of rotatable bonds is 10. The summed E-state index contributed by atoms with van der Waals surface area (Å²) < 4.78 is 4.16. The minimum atomic E-state index is 0.0686. The van der Waals surface area contributed by atoms with Gasteiger partial charge in [0.25, 0.3) is 0 Å². The SMILES string of the molecule is OCCN1C=CC(=CC=C(C=Cc2cc[n+](CCO)c3ccccc23)c2cc[n+](CCO)c3ccccc23)c2ccccc21. The van der Waals surface area contributed by atoms with E-state index < -0.39 is 0 Å². The lowest BCUT2D eigenvalue weighted by Gasteiger charge is -2.26. The molecule has 0 amide bonds. The van der Waals surface area contributed by atoms with Gasteiger partial charge in [-0.05, 0) is 41.0 Å². The van der Waals surface area contributed by atoms with Crippen molar-refractivity contribution in [3.63, 3.8) is 0 Å². The van der Waals surface area contributed by atoms with Crippen LogP contribution in [-0.2, 0) is 13.1 Å². The lowest BCUT2D eigenvalue weighted by Crippen LogP contribution is -2.36. The molecule has 0 radical (unpaired) electrons. The fourth-order valence-electron chi connectivity index (χ4n) is 5.95. The van der Waals surface area contributed by atoms with E-state index in [1.807, 2.05) is 48.9 Å². The van der Waals surface area contributed by atoms with Crippen LogP contribution in [0.15, 0.2) is 128 Å². The Morgan fingerprint density at radius 3 is 2.11 bits per heavy atom. The third-order valence-corrected chi connectivity index (χ3v) is 8.06. The number of aliphatic hydroxyl groups is 3. The molecule has 44 heavy (non-hydrogen) atoms. The molecule has 5 aromatic rings. The molecule has 0 saturated carbocycles. The van der Waals surface area contributed by atoms with Crippen molar-refractivity contribution in [2.24, 2.45) is 0 Å². The number of para-hydroxylation sites is 3. The van der Waals surface area contributed by atoms with Crippen molar-refractivity contribution in [1.82, 2.24) is 0 Å². The van der Waals surface area contributed by atoms with Gasteiger partial charge in [0.05, 0.1) is 17.4 Å². The van der Waals surface area contributed by atoms with Crippen molar-refractivity contribution >= 4 is 44.7 Å². The highest BCUT2D eigenvalue weighted by Gasteiger charge is 2.17. The van der Waals surface area contributed by atoms with Gasteiger partial charge in [0, 0.05) is 53.8 Å². The maximum atomic E-state index is 9.68. The first-order valence-electron chi connectivity index (χ1n) is 15.0. The number of hydrogen-bond acceptors (Lipinski definition) is 4. The van der Waals surface area contributed by atoms with Gasteiger partial charge in [0.15, 0.2) is 25.5 Å². The van der Waals surface area contributed by atoms with Crippen LogP contribution in [0, 0.1) is 0 Å². The highest BCUT2D eigenvalue weighted by molar-refractivity contribution is 5.97. The number of pyridine rings is 2. The first-order chi connectivity index (χ1) is 21.7. The third kappa shape index (κ3) is 5.96. The quantitative estimate of drug-likeness (QED) is 0.159. The Morgan fingerprint density at radius 2 is 1.36 bits per heavy atom. The van der Waals surface area contributed by atoms with Crippen LogP contribution in [0.5, 0.6) is 0 Å². The number of β-amino-alcohol motifs (C(OH)–C–C–N with tert-alkyl or cyclic N) is 1. The molecule has 0 bridgehead atoms. The molecule has 1 aliphatic rings. The fourth-order valence-corrected chi connectivity index (χ4v) is 5.95. The van der Waals surface area contributed by atoms with Gasteiger partial charge in [-0.25, -0.2) is 0 Å². The largest absolute Gasteiger partial charge is 0.395 e. The Labute approximate surface area is 257 Å². The number of aromatic nitrogens is 2. The van der Waals surface area contributed by atoms with Gasteiger partial charge < -0.3 is 20.2 Å². The number of fused-ring (bicyclic) bond motifs is 3. The van der Waals surface area contributed by atoms with Crippen molar-refractivity contribution in [1.29, 1.82) is 0 Å². The Balaban J connectivity index is 1.50. The Bertz CT molecular complexity index is 1920. The molecule has 6 rings (SSSR count). The predicted molar refractivity (Wildman–Crippen MR) is 177 cm³/mol. The van der Waals surface area contributed by atoms with Crippen molar-refractivity contribution in [3.8, 4) is 0 Å². The van der Waals surface area contributed by atoms with Crippen molar-refractivity contribution in [3.05, 3.63) is 145 Å². The van der Waals surface area contributed by atoms with Crippen LogP contribution in [0.1, 0.15) is 16.7 Å². The van der Waals surface area contributed by atoms with Crippen LogP contribution in [0.3, 0.4) is 0 Å². The smallest absolute Gasteiger partial charge is 0.213 e. The lowest BCUT2D eigenvalue weighted by atomic mass is 9.96. The molecule has 3 heterocycles. The van der Waals surface area contributed by atoms with Crippen molar-refractivity contribution < 1.29 is 24.5 Å². The Kier molecular flexibility index (Phi) is 9.03. The summed E-state index contributed by atoms with van der Waals surface area (Å²) in [7, 11) is 0. The van der Waals surface area contributed by atoms with E-state index in [0.29, 0.717) is 19.6 Å². The molecule has 0 spiro atoms. The lowest BCUT2D eigenvalue weighted by molar-refractivity contribution is -0.672. The molecule has 0 fully saturated rings. The summed E-state index contributed by atoms with van der Waals surface area (Å²) in [6.07, 6.45) is 16.9. The molecular weight excluding hydrogens is 546 g/mol. The van der Waals surface area contributed by atoms with Crippen LogP contribution in [0.4, 0.5) is 5.69 Å². The van der Waals surface area contributed by atoms with Crippen LogP contribution in [0.25, 0.3) is 39.0 Å². The van der Waals surface area contributed by atoms with E-state index in [2.05, 4.69) is 99.0 Å². The summed E-state index contributed by atoms with van der Waals surface area (Å²) in [6, 6.07) is 29.1. The van der Waals surface area contributed by atoms with Gasteiger partial charge in [-0.15, -0.1) is 0 Å². The zero-order chi connectivity index (χ0) is 30.3. The number of nitrogens with zero attached hydrogens (tertiary/aromatic N) is 3. The average molecular weight is 584 g/mol. The minimum absolute atomic E-state index is 0.0686. The molecule has 6 heteroatoms. The van der Waals surface area contributed by atoms with Crippen molar-refractivity contribution in [2.45, 2.75) is 13.1 Å². The molecule has 2 aromatic heterocycles. The van der Waals surface area contributed by atoms with Gasteiger partial charge in [0.2, 0.25) is 11.0 Å². The second-order valence-electron chi connectivity index (χ2n) is 10.7. The second-order valence-corrected chi connectivity index (χ2v) is 10.7. The molecular formula is C38H37N3O3+2. The maximum Gasteiger partial charge on any atom is 0.213 e. The number of allylic oxidation sites excluding steroid dienone is 6. The number of benzene rings is 3. The third-order valence-electron chi connectivity index (χ3n) is 8.06. The summed E-state index contributed by atoms with van der Waals surface area (Å²) in [6.45, 7) is 1.83. The van der Waals surface area contributed by atoms with Gasteiger partial charge >= 0.3 is 0 Å². The zero-order valence-electron chi connectivity index (χ0n) is 24.6. The number of aliphatic hydroxyl groups excluding tert-OH is 3. The second kappa shape index (κ2) is 13.6. The Hall–Kier alpha value is -4.88. The van der Waals surface area contributed by atoms with Crippen LogP contribution >= 0.6 is 0 Å². The summed E-state index contributed by atoms with van der Waals surface area (Å²) in [4.78, 5) is 2.07. The van der Waals surface area contributed by atoms with E-state index in [0.717, 1.165) is 55.3 Å². The highest BCUT2D eigenvalue weighted by Crippen LogP contribution is 2.33. The Morgan fingerprint density at radius 1 is 0.705 bits per heavy atom.